The Kier molecular flexibility index (Phi) is 5.98. The first-order valence-corrected chi connectivity index (χ1v) is 13.5. The van der Waals surface area contributed by atoms with Crippen molar-refractivity contribution in [3.05, 3.63) is 77.2 Å². The summed E-state index contributed by atoms with van der Waals surface area (Å²) in [5.41, 5.74) is 3.40. The number of rotatable bonds is 6. The third-order valence-corrected chi connectivity index (χ3v) is 8.62. The number of benzene rings is 3. The van der Waals surface area contributed by atoms with Crippen molar-refractivity contribution < 1.29 is 9.53 Å². The van der Waals surface area contributed by atoms with Crippen LogP contribution in [0.25, 0.3) is 31.6 Å². The Morgan fingerprint density at radius 1 is 1.06 bits per heavy atom. The van der Waals surface area contributed by atoms with E-state index in [4.69, 9.17) is 9.72 Å². The summed E-state index contributed by atoms with van der Waals surface area (Å²) >= 11 is 3.36. The molecule has 0 unspecified atom stereocenters. The van der Waals surface area contributed by atoms with Gasteiger partial charge in [-0.15, -0.1) is 22.7 Å². The number of aromatic nitrogens is 1. The molecule has 0 fully saturated rings. The number of fused-ring (bicyclic) bond motifs is 3. The molecule has 0 saturated carbocycles. The molecule has 35 heavy (non-hydrogen) atoms. The van der Waals surface area contributed by atoms with E-state index in [-0.39, 0.29) is 12.5 Å². The molecule has 0 saturated heterocycles. The van der Waals surface area contributed by atoms with E-state index in [2.05, 4.69) is 29.3 Å². The average molecular weight is 500 g/mol. The molecule has 5 aromatic rings. The highest BCUT2D eigenvalue weighted by atomic mass is 32.1. The molecule has 2 aromatic heterocycles. The lowest BCUT2D eigenvalue weighted by Crippen LogP contribution is -2.29. The molecule has 7 heteroatoms. The Labute approximate surface area is 212 Å². The summed E-state index contributed by atoms with van der Waals surface area (Å²) in [6, 6.07) is 22.2. The minimum atomic E-state index is -0.161. The van der Waals surface area contributed by atoms with Crippen LogP contribution < -0.4 is 10.1 Å². The van der Waals surface area contributed by atoms with Gasteiger partial charge in [-0.2, -0.15) is 0 Å². The molecule has 1 aliphatic heterocycles. The summed E-state index contributed by atoms with van der Waals surface area (Å²) in [5, 5.41) is 7.24. The third-order valence-electron chi connectivity index (χ3n) is 6.43. The monoisotopic (exact) mass is 499 g/mol. The zero-order chi connectivity index (χ0) is 23.8. The summed E-state index contributed by atoms with van der Waals surface area (Å²) in [6.07, 6.45) is 0.967. The number of thiazole rings is 1. The van der Waals surface area contributed by atoms with Crippen LogP contribution in [-0.4, -0.2) is 35.5 Å². The quantitative estimate of drug-likeness (QED) is 0.287. The third kappa shape index (κ3) is 4.43. The van der Waals surface area contributed by atoms with E-state index >= 15 is 0 Å². The number of ether oxygens (including phenoxy) is 1. The molecule has 1 amide bonds. The number of thiophene rings is 1. The van der Waals surface area contributed by atoms with Gasteiger partial charge in [-0.1, -0.05) is 49.4 Å². The highest BCUT2D eigenvalue weighted by Gasteiger charge is 2.27. The Balaban J connectivity index is 1.27. The molecule has 1 N–H and O–H groups in total. The van der Waals surface area contributed by atoms with E-state index in [0.29, 0.717) is 5.75 Å². The van der Waals surface area contributed by atoms with E-state index in [9.17, 15) is 4.79 Å². The Morgan fingerprint density at radius 2 is 1.89 bits per heavy atom. The van der Waals surface area contributed by atoms with E-state index in [1.54, 1.807) is 22.7 Å². The lowest BCUT2D eigenvalue weighted by Gasteiger charge is -2.25. The molecule has 176 valence electrons. The molecule has 0 bridgehead atoms. The van der Waals surface area contributed by atoms with Gasteiger partial charge in [0.05, 0.1) is 10.2 Å². The number of nitrogens with zero attached hydrogens (tertiary/aromatic N) is 2. The van der Waals surface area contributed by atoms with Gasteiger partial charge in [0.1, 0.15) is 15.8 Å². The lowest BCUT2D eigenvalue weighted by atomic mass is 10.0. The highest BCUT2D eigenvalue weighted by Crippen LogP contribution is 2.45. The van der Waals surface area contributed by atoms with Crippen LogP contribution in [0, 0.1) is 0 Å². The summed E-state index contributed by atoms with van der Waals surface area (Å²) in [7, 11) is 0. The summed E-state index contributed by atoms with van der Waals surface area (Å²) in [4.78, 5) is 21.7. The number of amides is 1. The maximum absolute atomic E-state index is 13.0. The van der Waals surface area contributed by atoms with Crippen molar-refractivity contribution >= 4 is 54.6 Å². The van der Waals surface area contributed by atoms with Gasteiger partial charge in [0, 0.05) is 23.5 Å². The fourth-order valence-corrected chi connectivity index (χ4v) is 7.01. The molecule has 3 heterocycles. The Hall–Kier alpha value is -3.26. The summed E-state index contributed by atoms with van der Waals surface area (Å²) < 4.78 is 7.01. The average Bonchev–Trinajstić information content (AvgIpc) is 3.47. The Morgan fingerprint density at radius 3 is 2.74 bits per heavy atom. The van der Waals surface area contributed by atoms with Gasteiger partial charge in [0.15, 0.2) is 6.61 Å². The van der Waals surface area contributed by atoms with E-state index in [0.717, 1.165) is 62.6 Å². The molecule has 5 nitrogen and oxygen atoms in total. The number of carbonyl (C=O) groups is 1. The fraction of sp³-hybridized carbons (Fsp3) is 0.214. The fourth-order valence-electron chi connectivity index (χ4n) is 4.59. The second kappa shape index (κ2) is 9.41. The zero-order valence-corrected chi connectivity index (χ0v) is 21.0. The van der Waals surface area contributed by atoms with Crippen molar-refractivity contribution in [3.63, 3.8) is 0 Å². The van der Waals surface area contributed by atoms with Crippen LogP contribution in [0.1, 0.15) is 17.4 Å². The summed E-state index contributed by atoms with van der Waals surface area (Å²) in [6.45, 7) is 5.12. The number of likely N-dealkylation sites (N-methyl/N-ethyl adjacent to an activating group) is 1. The first kappa shape index (κ1) is 22.2. The van der Waals surface area contributed by atoms with Gasteiger partial charge < -0.3 is 10.1 Å². The maximum atomic E-state index is 13.0. The van der Waals surface area contributed by atoms with Crippen molar-refractivity contribution in [2.24, 2.45) is 0 Å². The van der Waals surface area contributed by atoms with E-state index in [1.807, 2.05) is 54.6 Å². The molecule has 1 aliphatic rings. The van der Waals surface area contributed by atoms with Gasteiger partial charge in [-0.25, -0.2) is 4.98 Å². The normalized spacial score (nSPS) is 13.7. The topological polar surface area (TPSA) is 54.5 Å². The number of anilines is 1. The molecule has 0 radical (unpaired) electrons. The number of hydrogen-bond acceptors (Lipinski definition) is 6. The maximum Gasteiger partial charge on any atom is 0.262 e. The van der Waals surface area contributed by atoms with Crippen LogP contribution >= 0.6 is 22.7 Å². The minimum absolute atomic E-state index is 0.0404. The van der Waals surface area contributed by atoms with Gasteiger partial charge in [-0.3, -0.25) is 9.69 Å². The van der Waals surface area contributed by atoms with Gasteiger partial charge in [0.2, 0.25) is 0 Å². The largest absolute Gasteiger partial charge is 0.484 e. The van der Waals surface area contributed by atoms with Crippen LogP contribution in [0.15, 0.2) is 66.7 Å². The second-order valence-electron chi connectivity index (χ2n) is 8.66. The molecule has 3 aromatic carbocycles. The smallest absolute Gasteiger partial charge is 0.262 e. The van der Waals surface area contributed by atoms with Crippen LogP contribution in [0.4, 0.5) is 5.00 Å². The lowest BCUT2D eigenvalue weighted by molar-refractivity contribution is -0.118. The van der Waals surface area contributed by atoms with Crippen molar-refractivity contribution in [2.45, 2.75) is 19.9 Å². The minimum Gasteiger partial charge on any atom is -0.484 e. The molecule has 0 spiro atoms. The van der Waals surface area contributed by atoms with Gasteiger partial charge >= 0.3 is 0 Å². The van der Waals surface area contributed by atoms with E-state index < -0.39 is 0 Å². The molecular formula is C28H25N3O2S2. The van der Waals surface area contributed by atoms with Crippen molar-refractivity contribution in [1.29, 1.82) is 0 Å². The van der Waals surface area contributed by atoms with Gasteiger partial charge in [0.25, 0.3) is 5.91 Å². The predicted molar refractivity (Wildman–Crippen MR) is 146 cm³/mol. The highest BCUT2D eigenvalue weighted by molar-refractivity contribution is 7.22. The molecule has 0 atom stereocenters. The van der Waals surface area contributed by atoms with Crippen molar-refractivity contribution in [1.82, 2.24) is 9.88 Å². The first-order chi connectivity index (χ1) is 17.2. The second-order valence-corrected chi connectivity index (χ2v) is 10.8. The Bertz CT molecular complexity index is 1510. The van der Waals surface area contributed by atoms with Crippen molar-refractivity contribution in [2.75, 3.05) is 25.0 Å². The molecule has 6 rings (SSSR count). The van der Waals surface area contributed by atoms with E-state index in [1.165, 1.54) is 10.4 Å². The predicted octanol–water partition coefficient (Wildman–Crippen LogP) is 6.57. The SMILES string of the molecule is CCN1CCc2c(sc(NC(=O)COc3ccc4ccccc4c3)c2-c2nc3ccccc3s2)C1. The van der Waals surface area contributed by atoms with Crippen molar-refractivity contribution in [3.8, 4) is 16.3 Å². The summed E-state index contributed by atoms with van der Waals surface area (Å²) in [5.74, 6) is 0.528. The van der Waals surface area contributed by atoms with Crippen LogP contribution in [0.2, 0.25) is 0 Å². The number of nitrogens with one attached hydrogen (secondary N) is 1. The zero-order valence-electron chi connectivity index (χ0n) is 19.4. The van der Waals surface area contributed by atoms with Crippen LogP contribution in [-0.2, 0) is 17.8 Å². The van der Waals surface area contributed by atoms with Gasteiger partial charge in [-0.05, 0) is 53.6 Å². The molecular weight excluding hydrogens is 474 g/mol. The number of carbonyl (C=O) groups excluding carboxylic acids is 1. The van der Waals surface area contributed by atoms with Crippen LogP contribution in [0.3, 0.4) is 0 Å². The van der Waals surface area contributed by atoms with Crippen LogP contribution in [0.5, 0.6) is 5.75 Å². The molecule has 0 aliphatic carbocycles. The number of hydrogen-bond donors (Lipinski definition) is 1. The standard InChI is InChI=1S/C28H25N3O2S2/c1-2-31-14-13-21-24(16-31)35-28(26(21)27-29-22-9-5-6-10-23(22)34-27)30-25(32)17-33-20-12-11-18-7-3-4-8-19(18)15-20/h3-12,15H,2,13-14,16-17H2,1H3,(H,30,32). The number of para-hydroxylation sites is 1. The first-order valence-electron chi connectivity index (χ1n) is 11.8.